The normalized spacial score (nSPS) is 36.7. The highest BCUT2D eigenvalue weighted by Crippen LogP contribution is 2.62. The van der Waals surface area contributed by atoms with Crippen LogP contribution in [-0.2, 0) is 20.7 Å². The van der Waals surface area contributed by atoms with Crippen LogP contribution in [0.2, 0.25) is 0 Å². The summed E-state index contributed by atoms with van der Waals surface area (Å²) in [6, 6.07) is 5.90. The fourth-order valence-electron chi connectivity index (χ4n) is 8.18. The molecule has 4 aliphatic carbocycles. The second-order valence-corrected chi connectivity index (χ2v) is 11.7. The van der Waals surface area contributed by atoms with Crippen molar-refractivity contribution in [3.05, 3.63) is 29.3 Å². The van der Waals surface area contributed by atoms with Crippen LogP contribution in [0, 0.1) is 23.2 Å². The molecule has 0 heterocycles. The molecule has 0 unspecified atom stereocenters. The van der Waals surface area contributed by atoms with E-state index in [9.17, 15) is 9.90 Å². The van der Waals surface area contributed by atoms with Crippen LogP contribution in [0.4, 0.5) is 0 Å². The Morgan fingerprint density at radius 1 is 1.06 bits per heavy atom. The first-order chi connectivity index (χ1) is 16.0. The topological polar surface area (TPSA) is 55.8 Å². The lowest BCUT2D eigenvalue weighted by Gasteiger charge is -2.53. The van der Waals surface area contributed by atoms with Gasteiger partial charge in [-0.05, 0) is 86.0 Å². The van der Waals surface area contributed by atoms with Crippen LogP contribution < -0.4 is 0 Å². The van der Waals surface area contributed by atoms with Crippen LogP contribution in [-0.4, -0.2) is 30.4 Å². The zero-order valence-corrected chi connectivity index (χ0v) is 20.6. The van der Waals surface area contributed by atoms with Crippen LogP contribution in [0.1, 0.15) is 101 Å². The highest BCUT2D eigenvalue weighted by molar-refractivity contribution is 5.70. The van der Waals surface area contributed by atoms with Crippen molar-refractivity contribution in [3.63, 3.8) is 0 Å². The molecule has 4 aliphatic rings. The number of aromatic hydroxyl groups is 1. The fourth-order valence-corrected chi connectivity index (χ4v) is 8.18. The third-order valence-corrected chi connectivity index (χ3v) is 9.83. The van der Waals surface area contributed by atoms with Gasteiger partial charge < -0.3 is 14.6 Å². The van der Waals surface area contributed by atoms with Gasteiger partial charge in [0.2, 0.25) is 0 Å². The number of fused-ring (bicyclic) bond motifs is 5. The van der Waals surface area contributed by atoms with E-state index < -0.39 is 0 Å². The summed E-state index contributed by atoms with van der Waals surface area (Å²) < 4.78 is 12.4. The lowest BCUT2D eigenvalue weighted by molar-refractivity contribution is -0.163. The number of aryl methyl sites for hydroxylation is 1. The molecule has 0 bridgehead atoms. The Balaban J connectivity index is 1.30. The molecule has 0 spiro atoms. The van der Waals surface area contributed by atoms with E-state index >= 15 is 0 Å². The van der Waals surface area contributed by atoms with Crippen molar-refractivity contribution in [2.75, 3.05) is 7.11 Å². The zero-order chi connectivity index (χ0) is 23.0. The number of phenols is 1. The van der Waals surface area contributed by atoms with E-state index in [1.54, 1.807) is 0 Å². The minimum Gasteiger partial charge on any atom is -0.508 e. The molecule has 0 aromatic heterocycles. The van der Waals surface area contributed by atoms with Crippen LogP contribution in [0.5, 0.6) is 5.75 Å². The molecule has 1 aromatic rings. The van der Waals surface area contributed by atoms with E-state index in [-0.39, 0.29) is 23.6 Å². The molecule has 1 N–H and O–H groups in total. The average Bonchev–Trinajstić information content (AvgIpc) is 3.10. The summed E-state index contributed by atoms with van der Waals surface area (Å²) in [5, 5.41) is 9.98. The van der Waals surface area contributed by atoms with Gasteiger partial charge in [-0.3, -0.25) is 4.79 Å². The first-order valence-corrected chi connectivity index (χ1v) is 13.5. The summed E-state index contributed by atoms with van der Waals surface area (Å²) in [7, 11) is 1.84. The number of rotatable bonds is 4. The summed E-state index contributed by atoms with van der Waals surface area (Å²) in [4.78, 5) is 13.0. The highest BCUT2D eigenvalue weighted by Gasteiger charge is 2.59. The smallest absolute Gasteiger partial charge is 0.306 e. The third-order valence-electron chi connectivity index (χ3n) is 9.83. The second kappa shape index (κ2) is 9.60. The van der Waals surface area contributed by atoms with E-state index in [0.29, 0.717) is 35.8 Å². The van der Waals surface area contributed by atoms with E-state index in [1.807, 2.05) is 19.2 Å². The Hall–Kier alpha value is -1.55. The average molecular weight is 455 g/mol. The van der Waals surface area contributed by atoms with Crippen molar-refractivity contribution in [2.45, 2.75) is 109 Å². The van der Waals surface area contributed by atoms with E-state index in [2.05, 4.69) is 13.0 Å². The van der Waals surface area contributed by atoms with Gasteiger partial charge in [0, 0.05) is 24.9 Å². The molecule has 1 aromatic carbocycles. The van der Waals surface area contributed by atoms with Crippen LogP contribution >= 0.6 is 0 Å². The van der Waals surface area contributed by atoms with Gasteiger partial charge in [-0.25, -0.2) is 0 Å². The molecule has 4 nitrogen and oxygen atoms in total. The van der Waals surface area contributed by atoms with Gasteiger partial charge in [0.1, 0.15) is 11.9 Å². The van der Waals surface area contributed by atoms with Gasteiger partial charge in [0.05, 0.1) is 6.10 Å². The molecule has 0 amide bonds. The molecule has 0 aliphatic heterocycles. The zero-order valence-electron chi connectivity index (χ0n) is 20.6. The van der Waals surface area contributed by atoms with Crippen LogP contribution in [0.3, 0.4) is 0 Å². The molecule has 5 rings (SSSR count). The van der Waals surface area contributed by atoms with Crippen molar-refractivity contribution in [3.8, 4) is 5.75 Å². The van der Waals surface area contributed by atoms with E-state index in [1.165, 1.54) is 56.1 Å². The molecule has 0 saturated heterocycles. The molecule has 6 atom stereocenters. The number of carbonyl (C=O) groups excluding carboxylic acids is 1. The van der Waals surface area contributed by atoms with Gasteiger partial charge in [0.25, 0.3) is 0 Å². The van der Waals surface area contributed by atoms with Gasteiger partial charge in [0.15, 0.2) is 0 Å². The van der Waals surface area contributed by atoms with Crippen molar-refractivity contribution in [1.82, 2.24) is 0 Å². The van der Waals surface area contributed by atoms with Crippen molar-refractivity contribution >= 4 is 5.97 Å². The molecule has 4 heteroatoms. The number of carbonyl (C=O) groups is 1. The minimum absolute atomic E-state index is 0.00708. The second-order valence-electron chi connectivity index (χ2n) is 11.7. The Kier molecular flexibility index (Phi) is 6.75. The van der Waals surface area contributed by atoms with Crippen molar-refractivity contribution in [1.29, 1.82) is 0 Å². The van der Waals surface area contributed by atoms with Crippen LogP contribution in [0.25, 0.3) is 0 Å². The molecular weight excluding hydrogens is 412 g/mol. The number of esters is 1. The maximum atomic E-state index is 13.0. The molecule has 3 saturated carbocycles. The lowest BCUT2D eigenvalue weighted by Crippen LogP contribution is -2.51. The Morgan fingerprint density at radius 2 is 1.82 bits per heavy atom. The van der Waals surface area contributed by atoms with Crippen LogP contribution in [0.15, 0.2) is 18.2 Å². The standard InChI is InChI=1S/C29H42O4/c1-29-18-25(32-2)28-22-13-11-21(30)17-20(22)10-12-23(28)24(29)14-15-26(29)33-27(31)16-19-8-6-4-3-5-7-9-19/h11,13,17,19,23-26,28,30H,3-10,12,14-16,18H2,1-2H3/t23-,24-,25-,26-,28+,29-/m0/s1. The Labute approximate surface area is 199 Å². The van der Waals surface area contributed by atoms with Gasteiger partial charge in [-0.1, -0.05) is 45.1 Å². The fraction of sp³-hybridized carbons (Fsp3) is 0.759. The quantitative estimate of drug-likeness (QED) is 0.525. The van der Waals surface area contributed by atoms with Gasteiger partial charge >= 0.3 is 5.97 Å². The molecule has 33 heavy (non-hydrogen) atoms. The molecular formula is C29H42O4. The lowest BCUT2D eigenvalue weighted by atomic mass is 9.54. The summed E-state index contributed by atoms with van der Waals surface area (Å²) in [6.45, 7) is 2.37. The number of methoxy groups -OCH3 is 1. The monoisotopic (exact) mass is 454 g/mol. The van der Waals surface area contributed by atoms with Crippen molar-refractivity contribution < 1.29 is 19.4 Å². The van der Waals surface area contributed by atoms with Gasteiger partial charge in [-0.2, -0.15) is 0 Å². The number of benzene rings is 1. The molecule has 182 valence electrons. The number of ether oxygens (including phenoxy) is 2. The van der Waals surface area contributed by atoms with E-state index in [4.69, 9.17) is 9.47 Å². The SMILES string of the molecule is CO[C@H]1C[C@]2(C)[C@@H](OC(=O)CC3CCCCCCC3)CC[C@H]2[C@@H]2CCc3cc(O)ccc3[C@H]21. The minimum atomic E-state index is -0.00708. The third kappa shape index (κ3) is 4.45. The summed E-state index contributed by atoms with van der Waals surface area (Å²) in [5.74, 6) is 2.40. The summed E-state index contributed by atoms with van der Waals surface area (Å²) >= 11 is 0. The Bertz CT molecular complexity index is 842. The first-order valence-electron chi connectivity index (χ1n) is 13.5. The maximum Gasteiger partial charge on any atom is 0.306 e. The molecule has 3 fully saturated rings. The number of phenolic OH excluding ortho intramolecular Hbond substituents is 1. The highest BCUT2D eigenvalue weighted by atomic mass is 16.5. The first kappa shape index (κ1) is 23.2. The number of hydrogen-bond donors (Lipinski definition) is 1. The Morgan fingerprint density at radius 3 is 2.58 bits per heavy atom. The molecule has 0 radical (unpaired) electrons. The summed E-state index contributed by atoms with van der Waals surface area (Å²) in [6.07, 6.45) is 14.8. The van der Waals surface area contributed by atoms with E-state index in [0.717, 1.165) is 32.1 Å². The maximum absolute atomic E-state index is 13.0. The van der Waals surface area contributed by atoms with Crippen molar-refractivity contribution in [2.24, 2.45) is 23.2 Å². The predicted molar refractivity (Wildman–Crippen MR) is 129 cm³/mol. The number of hydrogen-bond acceptors (Lipinski definition) is 4. The summed E-state index contributed by atoms with van der Waals surface area (Å²) in [5.41, 5.74) is 2.64. The predicted octanol–water partition coefficient (Wildman–Crippen LogP) is 6.54. The van der Waals surface area contributed by atoms with Gasteiger partial charge in [-0.15, -0.1) is 0 Å². The largest absolute Gasteiger partial charge is 0.508 e.